The predicted octanol–water partition coefficient (Wildman–Crippen LogP) is 3.67. The molecule has 2 aromatic carbocycles. The molecular formula is C17H15ClN4S. The highest BCUT2D eigenvalue weighted by Gasteiger charge is 2.15. The summed E-state index contributed by atoms with van der Waals surface area (Å²) in [4.78, 5) is 0. The standard InChI is InChI=1S/C17H15ClN4S/c1-22-15-5-3-2-4-13(15)14(10-20-21-17(19)23)16(22)11-6-8-12(18)9-7-11/h2-10H,1H3,(H3,19,21,23)/b20-10+. The lowest BCUT2D eigenvalue weighted by Gasteiger charge is -2.06. The maximum Gasteiger partial charge on any atom is 0.184 e. The van der Waals surface area contributed by atoms with Gasteiger partial charge in [0.25, 0.3) is 0 Å². The second-order valence-electron chi connectivity index (χ2n) is 5.08. The second-order valence-corrected chi connectivity index (χ2v) is 5.96. The Kier molecular flexibility index (Phi) is 4.32. The van der Waals surface area contributed by atoms with Crippen LogP contribution in [0, 0.1) is 0 Å². The van der Waals surface area contributed by atoms with Crippen molar-refractivity contribution in [2.75, 3.05) is 0 Å². The molecule has 0 atom stereocenters. The van der Waals surface area contributed by atoms with Crippen molar-refractivity contribution in [3.8, 4) is 11.3 Å². The van der Waals surface area contributed by atoms with Crippen molar-refractivity contribution >= 4 is 46.0 Å². The number of hydrogen-bond acceptors (Lipinski definition) is 2. The van der Waals surface area contributed by atoms with Crippen molar-refractivity contribution in [1.82, 2.24) is 9.99 Å². The summed E-state index contributed by atoms with van der Waals surface area (Å²) in [6, 6.07) is 15.9. The van der Waals surface area contributed by atoms with E-state index in [1.54, 1.807) is 6.21 Å². The number of para-hydroxylation sites is 1. The number of halogens is 1. The lowest BCUT2D eigenvalue weighted by molar-refractivity contribution is 0.976. The smallest absolute Gasteiger partial charge is 0.184 e. The molecule has 0 fully saturated rings. The SMILES string of the molecule is Cn1c(-c2ccc(Cl)cc2)c(/C=N/NC(N)=S)c2ccccc21. The predicted molar refractivity (Wildman–Crippen MR) is 101 cm³/mol. The Balaban J connectivity index is 2.22. The van der Waals surface area contributed by atoms with Gasteiger partial charge in [-0.05, 0) is 36.0 Å². The minimum atomic E-state index is 0.134. The summed E-state index contributed by atoms with van der Waals surface area (Å²) >= 11 is 10.8. The fraction of sp³-hybridized carbons (Fsp3) is 0.0588. The van der Waals surface area contributed by atoms with Gasteiger partial charge >= 0.3 is 0 Å². The molecule has 0 bridgehead atoms. The molecule has 0 radical (unpaired) electrons. The van der Waals surface area contributed by atoms with Crippen LogP contribution in [-0.2, 0) is 7.05 Å². The fourth-order valence-electron chi connectivity index (χ4n) is 2.67. The molecule has 0 aliphatic rings. The first-order chi connectivity index (χ1) is 11.1. The molecule has 0 spiro atoms. The van der Waals surface area contributed by atoms with E-state index in [9.17, 15) is 0 Å². The van der Waals surface area contributed by atoms with Gasteiger partial charge in [-0.1, -0.05) is 41.9 Å². The van der Waals surface area contributed by atoms with E-state index in [1.807, 2.05) is 43.4 Å². The van der Waals surface area contributed by atoms with Gasteiger partial charge in [0.05, 0.1) is 11.9 Å². The van der Waals surface area contributed by atoms with E-state index in [4.69, 9.17) is 29.6 Å². The minimum Gasteiger partial charge on any atom is -0.375 e. The third-order valence-electron chi connectivity index (χ3n) is 3.63. The number of aryl methyl sites for hydroxylation is 1. The number of benzene rings is 2. The number of aromatic nitrogens is 1. The van der Waals surface area contributed by atoms with E-state index in [1.165, 1.54) is 0 Å². The molecule has 0 saturated heterocycles. The Labute approximate surface area is 144 Å². The van der Waals surface area contributed by atoms with Crippen LogP contribution in [0.15, 0.2) is 53.6 Å². The van der Waals surface area contributed by atoms with E-state index in [0.29, 0.717) is 5.02 Å². The number of nitrogens with one attached hydrogen (secondary N) is 1. The summed E-state index contributed by atoms with van der Waals surface area (Å²) in [6.07, 6.45) is 1.74. The molecule has 0 amide bonds. The molecule has 3 rings (SSSR count). The van der Waals surface area contributed by atoms with Gasteiger partial charge in [-0.3, -0.25) is 5.43 Å². The molecule has 4 nitrogen and oxygen atoms in total. The van der Waals surface area contributed by atoms with E-state index in [2.05, 4.69) is 27.2 Å². The molecule has 0 aliphatic carbocycles. The Morgan fingerprint density at radius 1 is 1.22 bits per heavy atom. The Morgan fingerprint density at radius 2 is 1.91 bits per heavy atom. The van der Waals surface area contributed by atoms with Crippen molar-refractivity contribution in [2.24, 2.45) is 17.9 Å². The number of nitrogens with zero attached hydrogens (tertiary/aromatic N) is 2. The minimum absolute atomic E-state index is 0.134. The van der Waals surface area contributed by atoms with Crippen molar-refractivity contribution in [2.45, 2.75) is 0 Å². The van der Waals surface area contributed by atoms with Crippen LogP contribution in [0.4, 0.5) is 0 Å². The zero-order valence-electron chi connectivity index (χ0n) is 12.5. The van der Waals surface area contributed by atoms with Crippen LogP contribution < -0.4 is 11.2 Å². The van der Waals surface area contributed by atoms with Crippen LogP contribution in [-0.4, -0.2) is 15.9 Å². The van der Waals surface area contributed by atoms with Gasteiger partial charge in [0.15, 0.2) is 5.11 Å². The van der Waals surface area contributed by atoms with Crippen molar-refractivity contribution in [1.29, 1.82) is 0 Å². The zero-order valence-corrected chi connectivity index (χ0v) is 14.0. The molecular weight excluding hydrogens is 328 g/mol. The van der Waals surface area contributed by atoms with Gasteiger partial charge in [0.1, 0.15) is 0 Å². The van der Waals surface area contributed by atoms with E-state index in [-0.39, 0.29) is 5.11 Å². The van der Waals surface area contributed by atoms with E-state index in [0.717, 1.165) is 27.7 Å². The normalized spacial score (nSPS) is 11.2. The second kappa shape index (κ2) is 6.40. The average molecular weight is 343 g/mol. The first-order valence-electron chi connectivity index (χ1n) is 7.00. The molecule has 6 heteroatoms. The molecule has 23 heavy (non-hydrogen) atoms. The van der Waals surface area contributed by atoms with Gasteiger partial charge < -0.3 is 10.3 Å². The number of nitrogens with two attached hydrogens (primary N) is 1. The third-order valence-corrected chi connectivity index (χ3v) is 3.98. The summed E-state index contributed by atoms with van der Waals surface area (Å²) in [5.74, 6) is 0. The molecule has 0 saturated carbocycles. The molecule has 3 aromatic rings. The van der Waals surface area contributed by atoms with Gasteiger partial charge in [-0.25, -0.2) is 0 Å². The largest absolute Gasteiger partial charge is 0.375 e. The lowest BCUT2D eigenvalue weighted by Crippen LogP contribution is -2.24. The summed E-state index contributed by atoms with van der Waals surface area (Å²) in [5.41, 5.74) is 12.3. The van der Waals surface area contributed by atoms with Crippen molar-refractivity contribution < 1.29 is 0 Å². The van der Waals surface area contributed by atoms with Crippen molar-refractivity contribution in [3.63, 3.8) is 0 Å². The van der Waals surface area contributed by atoms with Crippen LogP contribution in [0.2, 0.25) is 5.02 Å². The van der Waals surface area contributed by atoms with Gasteiger partial charge in [0, 0.05) is 28.5 Å². The topological polar surface area (TPSA) is 55.3 Å². The quantitative estimate of drug-likeness (QED) is 0.434. The number of hydrazone groups is 1. The number of hydrogen-bond donors (Lipinski definition) is 2. The summed E-state index contributed by atoms with van der Waals surface area (Å²) in [5, 5.41) is 6.07. The maximum absolute atomic E-state index is 6.00. The highest BCUT2D eigenvalue weighted by molar-refractivity contribution is 7.80. The van der Waals surface area contributed by atoms with Gasteiger partial charge in [0.2, 0.25) is 0 Å². The average Bonchev–Trinajstić information content (AvgIpc) is 2.81. The molecule has 116 valence electrons. The highest BCUT2D eigenvalue weighted by atomic mass is 35.5. The Morgan fingerprint density at radius 3 is 2.61 bits per heavy atom. The first kappa shape index (κ1) is 15.5. The number of rotatable bonds is 3. The molecule has 1 heterocycles. The Bertz CT molecular complexity index is 897. The molecule has 0 aliphatic heterocycles. The zero-order chi connectivity index (χ0) is 16.4. The molecule has 0 unspecified atom stereocenters. The lowest BCUT2D eigenvalue weighted by atomic mass is 10.1. The maximum atomic E-state index is 6.00. The van der Waals surface area contributed by atoms with E-state index < -0.39 is 0 Å². The summed E-state index contributed by atoms with van der Waals surface area (Å²) in [7, 11) is 2.03. The van der Waals surface area contributed by atoms with Crippen LogP contribution in [0.5, 0.6) is 0 Å². The molecule has 3 N–H and O–H groups in total. The van der Waals surface area contributed by atoms with Crippen LogP contribution in [0.1, 0.15) is 5.56 Å². The first-order valence-corrected chi connectivity index (χ1v) is 7.78. The van der Waals surface area contributed by atoms with Gasteiger partial charge in [-0.15, -0.1) is 0 Å². The highest BCUT2D eigenvalue weighted by Crippen LogP contribution is 2.32. The van der Waals surface area contributed by atoms with Crippen LogP contribution in [0.3, 0.4) is 0 Å². The monoisotopic (exact) mass is 342 g/mol. The van der Waals surface area contributed by atoms with Crippen LogP contribution >= 0.6 is 23.8 Å². The summed E-state index contributed by atoms with van der Waals surface area (Å²) in [6.45, 7) is 0. The Hall–Kier alpha value is -2.37. The van der Waals surface area contributed by atoms with Crippen LogP contribution in [0.25, 0.3) is 22.2 Å². The fourth-order valence-corrected chi connectivity index (χ4v) is 2.85. The number of thiocarbonyl (C=S) groups is 1. The summed E-state index contributed by atoms with van der Waals surface area (Å²) < 4.78 is 2.14. The third kappa shape index (κ3) is 3.06. The van der Waals surface area contributed by atoms with Gasteiger partial charge in [-0.2, -0.15) is 5.10 Å². The number of fused-ring (bicyclic) bond motifs is 1. The molecule has 1 aromatic heterocycles. The van der Waals surface area contributed by atoms with E-state index >= 15 is 0 Å². The van der Waals surface area contributed by atoms with Crippen molar-refractivity contribution in [3.05, 3.63) is 59.1 Å².